The summed E-state index contributed by atoms with van der Waals surface area (Å²) >= 11 is 0. The Bertz CT molecular complexity index is 1100. The van der Waals surface area contributed by atoms with Gasteiger partial charge in [-0.25, -0.2) is 8.42 Å². The smallest absolute Gasteiger partial charge is 0.264 e. The van der Waals surface area contributed by atoms with E-state index in [1.165, 1.54) is 4.31 Å². The molecular weight excluding hydrogens is 398 g/mol. The number of carbonyl (C=O) groups excluding carboxylic acids is 1. The maximum absolute atomic E-state index is 13.5. The molecule has 0 atom stereocenters. The van der Waals surface area contributed by atoms with E-state index in [4.69, 9.17) is 0 Å². The molecule has 0 unspecified atom stereocenters. The number of aromatic nitrogens is 1. The monoisotopic (exact) mass is 423 g/mol. The molecule has 1 aromatic heterocycles. The highest BCUT2D eigenvalue weighted by molar-refractivity contribution is 7.92. The third-order valence-electron chi connectivity index (χ3n) is 4.73. The van der Waals surface area contributed by atoms with Crippen LogP contribution in [-0.4, -0.2) is 25.9 Å². The third kappa shape index (κ3) is 5.04. The van der Waals surface area contributed by atoms with Gasteiger partial charge in [-0.2, -0.15) is 0 Å². The van der Waals surface area contributed by atoms with Crippen molar-refractivity contribution in [2.45, 2.75) is 31.7 Å². The molecule has 0 saturated heterocycles. The number of sulfonamides is 1. The minimum absolute atomic E-state index is 0.150. The van der Waals surface area contributed by atoms with Crippen LogP contribution in [0, 0.1) is 6.92 Å². The van der Waals surface area contributed by atoms with Crippen LogP contribution < -0.4 is 9.62 Å². The topological polar surface area (TPSA) is 79.4 Å². The fourth-order valence-corrected chi connectivity index (χ4v) is 4.53. The van der Waals surface area contributed by atoms with Gasteiger partial charge in [0.15, 0.2) is 0 Å². The van der Waals surface area contributed by atoms with Crippen LogP contribution in [0.3, 0.4) is 0 Å². The minimum Gasteiger partial charge on any atom is -0.349 e. The van der Waals surface area contributed by atoms with Crippen molar-refractivity contribution in [2.24, 2.45) is 0 Å². The Hall–Kier alpha value is -3.19. The summed E-state index contributed by atoms with van der Waals surface area (Å²) in [5, 5.41) is 2.76. The highest BCUT2D eigenvalue weighted by atomic mass is 32.2. The SMILES string of the molecule is CCc1ccccc1N(CC(=O)NCc1ccccn1)S(=O)(=O)c1ccc(C)cc1. The van der Waals surface area contributed by atoms with Crippen LogP contribution in [-0.2, 0) is 27.8 Å². The van der Waals surface area contributed by atoms with Crippen LogP contribution in [0.4, 0.5) is 5.69 Å². The van der Waals surface area contributed by atoms with Crippen LogP contribution in [0.5, 0.6) is 0 Å². The molecule has 0 fully saturated rings. The Morgan fingerprint density at radius 2 is 1.70 bits per heavy atom. The zero-order valence-electron chi connectivity index (χ0n) is 17.1. The Balaban J connectivity index is 1.91. The lowest BCUT2D eigenvalue weighted by molar-refractivity contribution is -0.119. The molecular formula is C23H25N3O3S. The van der Waals surface area contributed by atoms with Gasteiger partial charge in [-0.15, -0.1) is 0 Å². The number of hydrogen-bond donors (Lipinski definition) is 1. The standard InChI is InChI=1S/C23H25N3O3S/c1-3-19-8-4-5-10-22(19)26(30(28,29)21-13-11-18(2)12-14-21)17-23(27)25-16-20-9-6-7-15-24-20/h4-15H,3,16-17H2,1-2H3,(H,25,27). The minimum atomic E-state index is -3.92. The molecule has 2 aromatic carbocycles. The summed E-state index contributed by atoms with van der Waals surface area (Å²) in [5.41, 5.74) is 3.02. The number of hydrogen-bond acceptors (Lipinski definition) is 4. The Labute approximate surface area is 177 Å². The summed E-state index contributed by atoms with van der Waals surface area (Å²) in [5.74, 6) is -0.401. The first-order valence-electron chi connectivity index (χ1n) is 9.75. The molecule has 0 aliphatic rings. The molecule has 30 heavy (non-hydrogen) atoms. The molecule has 3 rings (SSSR count). The van der Waals surface area contributed by atoms with Crippen LogP contribution in [0.15, 0.2) is 77.8 Å². The molecule has 1 N–H and O–H groups in total. The van der Waals surface area contributed by atoms with E-state index in [1.807, 2.05) is 32.0 Å². The highest BCUT2D eigenvalue weighted by Gasteiger charge is 2.28. The molecule has 0 saturated carbocycles. The Morgan fingerprint density at radius 3 is 2.37 bits per heavy atom. The first kappa shape index (κ1) is 21.5. The number of carbonyl (C=O) groups is 1. The highest BCUT2D eigenvalue weighted by Crippen LogP contribution is 2.27. The van der Waals surface area contributed by atoms with Crippen LogP contribution >= 0.6 is 0 Å². The van der Waals surface area contributed by atoms with Crippen LogP contribution in [0.25, 0.3) is 0 Å². The molecule has 1 heterocycles. The van der Waals surface area contributed by atoms with E-state index in [9.17, 15) is 13.2 Å². The van der Waals surface area contributed by atoms with Crippen molar-refractivity contribution in [1.82, 2.24) is 10.3 Å². The molecule has 0 aliphatic heterocycles. The Kier molecular flexibility index (Phi) is 6.84. The summed E-state index contributed by atoms with van der Waals surface area (Å²) < 4.78 is 28.1. The molecule has 0 aliphatic carbocycles. The number of anilines is 1. The van der Waals surface area contributed by atoms with Gasteiger partial charge in [0.05, 0.1) is 22.8 Å². The van der Waals surface area contributed by atoms with Gasteiger partial charge < -0.3 is 5.32 Å². The number of pyridine rings is 1. The van der Waals surface area contributed by atoms with Crippen molar-refractivity contribution in [1.29, 1.82) is 0 Å². The first-order valence-corrected chi connectivity index (χ1v) is 11.2. The summed E-state index contributed by atoms with van der Waals surface area (Å²) in [4.78, 5) is 17.0. The molecule has 1 amide bonds. The number of aryl methyl sites for hydroxylation is 2. The third-order valence-corrected chi connectivity index (χ3v) is 6.50. The summed E-state index contributed by atoms with van der Waals surface area (Å²) in [6.45, 7) is 3.76. The zero-order valence-corrected chi connectivity index (χ0v) is 17.9. The van der Waals surface area contributed by atoms with Crippen LogP contribution in [0.2, 0.25) is 0 Å². The summed E-state index contributed by atoms with van der Waals surface area (Å²) in [6.07, 6.45) is 2.29. The normalized spacial score (nSPS) is 11.1. The van der Waals surface area contributed by atoms with Crippen LogP contribution in [0.1, 0.15) is 23.7 Å². The van der Waals surface area contributed by atoms with Gasteiger partial charge in [0, 0.05) is 6.20 Å². The van der Waals surface area contributed by atoms with Crippen molar-refractivity contribution in [3.05, 3.63) is 89.7 Å². The molecule has 0 radical (unpaired) electrons. The second-order valence-electron chi connectivity index (χ2n) is 6.90. The maximum atomic E-state index is 13.5. The Morgan fingerprint density at radius 1 is 1.00 bits per heavy atom. The number of amides is 1. The average molecular weight is 424 g/mol. The number of nitrogens with one attached hydrogen (secondary N) is 1. The molecule has 7 heteroatoms. The lowest BCUT2D eigenvalue weighted by atomic mass is 10.1. The molecule has 3 aromatic rings. The molecule has 0 bridgehead atoms. The molecule has 0 spiro atoms. The predicted octanol–water partition coefficient (Wildman–Crippen LogP) is 3.46. The fraction of sp³-hybridized carbons (Fsp3) is 0.217. The van der Waals surface area contributed by atoms with Gasteiger partial charge in [-0.1, -0.05) is 48.9 Å². The van der Waals surface area contributed by atoms with Gasteiger partial charge in [-0.3, -0.25) is 14.1 Å². The summed E-state index contributed by atoms with van der Waals surface area (Å²) in [6, 6.07) is 19.3. The van der Waals surface area contributed by atoms with E-state index in [-0.39, 0.29) is 18.0 Å². The summed E-state index contributed by atoms with van der Waals surface area (Å²) in [7, 11) is -3.92. The van der Waals surface area contributed by atoms with Crippen molar-refractivity contribution < 1.29 is 13.2 Å². The van der Waals surface area contributed by atoms with Crippen molar-refractivity contribution in [3.8, 4) is 0 Å². The second-order valence-corrected chi connectivity index (χ2v) is 8.77. The van der Waals surface area contributed by atoms with E-state index >= 15 is 0 Å². The van der Waals surface area contributed by atoms with Gasteiger partial charge in [0.25, 0.3) is 10.0 Å². The average Bonchev–Trinajstić information content (AvgIpc) is 2.77. The van der Waals surface area contributed by atoms with Crippen molar-refractivity contribution >= 4 is 21.6 Å². The van der Waals surface area contributed by atoms with Crippen molar-refractivity contribution in [3.63, 3.8) is 0 Å². The largest absolute Gasteiger partial charge is 0.349 e. The van der Waals surface area contributed by atoms with Gasteiger partial charge in [0.2, 0.25) is 5.91 Å². The van der Waals surface area contributed by atoms with E-state index < -0.39 is 15.9 Å². The number of benzene rings is 2. The van der Waals surface area contributed by atoms with Gasteiger partial charge in [-0.05, 0) is 49.2 Å². The maximum Gasteiger partial charge on any atom is 0.264 e. The van der Waals surface area contributed by atoms with Gasteiger partial charge in [0.1, 0.15) is 6.54 Å². The van der Waals surface area contributed by atoms with E-state index in [1.54, 1.807) is 54.7 Å². The number of para-hydroxylation sites is 1. The predicted molar refractivity (Wildman–Crippen MR) is 118 cm³/mol. The zero-order chi connectivity index (χ0) is 21.6. The quantitative estimate of drug-likeness (QED) is 0.602. The van der Waals surface area contributed by atoms with Gasteiger partial charge >= 0.3 is 0 Å². The van der Waals surface area contributed by atoms with E-state index in [0.29, 0.717) is 17.8 Å². The molecule has 6 nitrogen and oxygen atoms in total. The first-order chi connectivity index (χ1) is 14.4. The fourth-order valence-electron chi connectivity index (χ4n) is 3.07. The lowest BCUT2D eigenvalue weighted by Crippen LogP contribution is -2.41. The van der Waals surface area contributed by atoms with E-state index in [2.05, 4.69) is 10.3 Å². The molecule has 156 valence electrons. The second kappa shape index (κ2) is 9.54. The van der Waals surface area contributed by atoms with E-state index in [0.717, 1.165) is 11.1 Å². The number of nitrogens with zero attached hydrogens (tertiary/aromatic N) is 2. The lowest BCUT2D eigenvalue weighted by Gasteiger charge is -2.26. The number of rotatable bonds is 8. The van der Waals surface area contributed by atoms with Crippen molar-refractivity contribution in [2.75, 3.05) is 10.8 Å².